The standard InChI is InChI=1S/C11H14Cl2O2/c1-2-3-4-5-11(15)6-8(12)10(14)9(13)7-11/h6-7,15H,2-5H2,1H3. The van der Waals surface area contributed by atoms with Gasteiger partial charge >= 0.3 is 0 Å². The summed E-state index contributed by atoms with van der Waals surface area (Å²) in [4.78, 5) is 11.2. The Balaban J connectivity index is 2.72. The number of carbonyl (C=O) groups excluding carboxylic acids is 1. The molecule has 84 valence electrons. The first-order valence-corrected chi connectivity index (χ1v) is 5.78. The van der Waals surface area contributed by atoms with Gasteiger partial charge in [-0.15, -0.1) is 0 Å². The average molecular weight is 249 g/mol. The van der Waals surface area contributed by atoms with Gasteiger partial charge in [-0.2, -0.15) is 0 Å². The van der Waals surface area contributed by atoms with Crippen molar-refractivity contribution in [1.29, 1.82) is 0 Å². The molecule has 0 saturated heterocycles. The van der Waals surface area contributed by atoms with Crippen LogP contribution >= 0.6 is 23.2 Å². The Bertz CT molecular complexity index is 297. The lowest BCUT2D eigenvalue weighted by Gasteiger charge is -2.24. The smallest absolute Gasteiger partial charge is 0.215 e. The van der Waals surface area contributed by atoms with E-state index in [0.29, 0.717) is 6.42 Å². The maximum Gasteiger partial charge on any atom is 0.215 e. The molecule has 4 heteroatoms. The molecule has 0 heterocycles. The third-order valence-corrected chi connectivity index (χ3v) is 2.93. The summed E-state index contributed by atoms with van der Waals surface area (Å²) in [6, 6.07) is 0. The first kappa shape index (κ1) is 12.8. The first-order valence-electron chi connectivity index (χ1n) is 5.02. The molecule has 0 atom stereocenters. The summed E-state index contributed by atoms with van der Waals surface area (Å²) in [6.45, 7) is 2.08. The van der Waals surface area contributed by atoms with E-state index < -0.39 is 11.4 Å². The van der Waals surface area contributed by atoms with E-state index in [0.717, 1.165) is 19.3 Å². The fourth-order valence-electron chi connectivity index (χ4n) is 1.53. The van der Waals surface area contributed by atoms with Crippen LogP contribution in [0.3, 0.4) is 0 Å². The van der Waals surface area contributed by atoms with Crippen molar-refractivity contribution in [3.63, 3.8) is 0 Å². The second kappa shape index (κ2) is 5.15. The van der Waals surface area contributed by atoms with Crippen LogP contribution in [0, 0.1) is 0 Å². The summed E-state index contributed by atoms with van der Waals surface area (Å²) in [7, 11) is 0. The molecular formula is C11H14Cl2O2. The lowest BCUT2D eigenvalue weighted by molar-refractivity contribution is -0.111. The van der Waals surface area contributed by atoms with Gasteiger partial charge in [0, 0.05) is 0 Å². The topological polar surface area (TPSA) is 37.3 Å². The van der Waals surface area contributed by atoms with E-state index in [-0.39, 0.29) is 10.1 Å². The van der Waals surface area contributed by atoms with Crippen molar-refractivity contribution in [3.05, 3.63) is 22.2 Å². The van der Waals surface area contributed by atoms with Gasteiger partial charge in [0.05, 0.1) is 10.1 Å². The molecule has 1 N–H and O–H groups in total. The van der Waals surface area contributed by atoms with Crippen LogP contribution in [-0.4, -0.2) is 16.5 Å². The van der Waals surface area contributed by atoms with Gasteiger partial charge in [0.25, 0.3) is 0 Å². The molecule has 0 aromatic rings. The van der Waals surface area contributed by atoms with Crippen molar-refractivity contribution >= 4 is 29.0 Å². The maximum absolute atomic E-state index is 11.2. The van der Waals surface area contributed by atoms with Gasteiger partial charge in [-0.3, -0.25) is 4.79 Å². The monoisotopic (exact) mass is 248 g/mol. The Labute approximate surface area is 99.6 Å². The van der Waals surface area contributed by atoms with Crippen molar-refractivity contribution in [3.8, 4) is 0 Å². The third kappa shape index (κ3) is 3.33. The molecule has 2 nitrogen and oxygen atoms in total. The minimum Gasteiger partial charge on any atom is -0.382 e. The van der Waals surface area contributed by atoms with Crippen LogP contribution in [0.1, 0.15) is 32.6 Å². The van der Waals surface area contributed by atoms with Gasteiger partial charge < -0.3 is 5.11 Å². The van der Waals surface area contributed by atoms with Crippen LogP contribution in [0.15, 0.2) is 22.2 Å². The number of allylic oxidation sites excluding steroid dienone is 2. The molecule has 0 saturated carbocycles. The molecule has 1 aliphatic rings. The summed E-state index contributed by atoms with van der Waals surface area (Å²) < 4.78 is 0. The van der Waals surface area contributed by atoms with Gasteiger partial charge in [0.2, 0.25) is 5.78 Å². The molecule has 0 radical (unpaired) electrons. The Hall–Kier alpha value is -0.310. The van der Waals surface area contributed by atoms with Crippen LogP contribution in [0.2, 0.25) is 0 Å². The number of ketones is 1. The molecule has 0 amide bonds. The van der Waals surface area contributed by atoms with E-state index in [1.165, 1.54) is 12.2 Å². The number of carbonyl (C=O) groups is 1. The molecule has 0 aliphatic heterocycles. The highest BCUT2D eigenvalue weighted by molar-refractivity contribution is 6.55. The Morgan fingerprint density at radius 3 is 2.27 bits per heavy atom. The Morgan fingerprint density at radius 2 is 1.80 bits per heavy atom. The Morgan fingerprint density at radius 1 is 1.27 bits per heavy atom. The highest BCUT2D eigenvalue weighted by Gasteiger charge is 2.30. The molecule has 0 unspecified atom stereocenters. The van der Waals surface area contributed by atoms with Crippen molar-refractivity contribution in [2.45, 2.75) is 38.2 Å². The number of hydrogen-bond donors (Lipinski definition) is 1. The van der Waals surface area contributed by atoms with E-state index >= 15 is 0 Å². The zero-order valence-corrected chi connectivity index (χ0v) is 10.1. The summed E-state index contributed by atoms with van der Waals surface area (Å²) in [5.41, 5.74) is -1.16. The highest BCUT2D eigenvalue weighted by Crippen LogP contribution is 2.30. The second-order valence-corrected chi connectivity index (χ2v) is 4.58. The molecule has 1 rings (SSSR count). The van der Waals surface area contributed by atoms with Crippen molar-refractivity contribution in [1.82, 2.24) is 0 Å². The van der Waals surface area contributed by atoms with E-state index in [1.807, 2.05) is 0 Å². The van der Waals surface area contributed by atoms with E-state index in [9.17, 15) is 9.90 Å². The Kier molecular flexibility index (Phi) is 4.38. The highest BCUT2D eigenvalue weighted by atomic mass is 35.5. The third-order valence-electron chi connectivity index (χ3n) is 2.37. The SMILES string of the molecule is CCCCCC1(O)C=C(Cl)C(=O)C(Cl)=C1. The molecule has 15 heavy (non-hydrogen) atoms. The van der Waals surface area contributed by atoms with E-state index in [1.54, 1.807) is 0 Å². The van der Waals surface area contributed by atoms with Crippen LogP contribution < -0.4 is 0 Å². The number of Topliss-reactive ketones (excluding diaryl/α,β-unsaturated/α-hetero) is 1. The summed E-state index contributed by atoms with van der Waals surface area (Å²) in [5.74, 6) is -0.418. The molecular weight excluding hydrogens is 235 g/mol. The summed E-state index contributed by atoms with van der Waals surface area (Å²) >= 11 is 11.4. The fourth-order valence-corrected chi connectivity index (χ4v) is 2.16. The fraction of sp³-hybridized carbons (Fsp3) is 0.545. The van der Waals surface area contributed by atoms with E-state index in [2.05, 4.69) is 6.92 Å². The predicted molar refractivity (Wildman–Crippen MR) is 62.0 cm³/mol. The molecule has 0 bridgehead atoms. The summed E-state index contributed by atoms with van der Waals surface area (Å²) in [5, 5.41) is 10.1. The van der Waals surface area contributed by atoms with Crippen molar-refractivity contribution < 1.29 is 9.90 Å². The predicted octanol–water partition coefficient (Wildman–Crippen LogP) is 3.13. The quantitative estimate of drug-likeness (QED) is 0.777. The molecule has 0 aromatic carbocycles. The first-order chi connectivity index (χ1) is 6.98. The zero-order chi connectivity index (χ0) is 11.5. The minimum absolute atomic E-state index is 0.00139. The van der Waals surface area contributed by atoms with E-state index in [4.69, 9.17) is 23.2 Å². The number of unbranched alkanes of at least 4 members (excludes halogenated alkanes) is 2. The largest absolute Gasteiger partial charge is 0.382 e. The van der Waals surface area contributed by atoms with Gasteiger partial charge in [-0.1, -0.05) is 43.0 Å². The summed E-state index contributed by atoms with van der Waals surface area (Å²) in [6.07, 6.45) is 6.27. The lowest BCUT2D eigenvalue weighted by atomic mass is 9.91. The van der Waals surface area contributed by atoms with Crippen LogP contribution in [0.5, 0.6) is 0 Å². The lowest BCUT2D eigenvalue weighted by Crippen LogP contribution is -2.28. The van der Waals surface area contributed by atoms with Crippen LogP contribution in [0.25, 0.3) is 0 Å². The van der Waals surface area contributed by atoms with Crippen LogP contribution in [0.4, 0.5) is 0 Å². The average Bonchev–Trinajstić information content (AvgIpc) is 2.14. The van der Waals surface area contributed by atoms with Crippen molar-refractivity contribution in [2.24, 2.45) is 0 Å². The number of halogens is 2. The maximum atomic E-state index is 11.2. The molecule has 0 spiro atoms. The number of aliphatic hydroxyl groups is 1. The zero-order valence-electron chi connectivity index (χ0n) is 8.59. The molecule has 0 aromatic heterocycles. The molecule has 1 aliphatic carbocycles. The van der Waals surface area contributed by atoms with Gasteiger partial charge in [-0.25, -0.2) is 0 Å². The normalized spacial score (nSPS) is 19.9. The minimum atomic E-state index is -1.16. The second-order valence-electron chi connectivity index (χ2n) is 3.76. The number of rotatable bonds is 4. The molecule has 0 fully saturated rings. The van der Waals surface area contributed by atoms with Crippen molar-refractivity contribution in [2.75, 3.05) is 0 Å². The van der Waals surface area contributed by atoms with Gasteiger partial charge in [0.1, 0.15) is 5.60 Å². The van der Waals surface area contributed by atoms with Crippen LogP contribution in [-0.2, 0) is 4.79 Å². The van der Waals surface area contributed by atoms with Gasteiger partial charge in [0.15, 0.2) is 0 Å². The van der Waals surface area contributed by atoms with Gasteiger partial charge in [-0.05, 0) is 25.0 Å². The number of hydrogen-bond acceptors (Lipinski definition) is 2.